The van der Waals surface area contributed by atoms with E-state index in [2.05, 4.69) is 10.6 Å². The number of carbonyl (C=O) groups excluding carboxylic acids is 1. The molecule has 3 nitrogen and oxygen atoms in total. The molecule has 0 aliphatic carbocycles. The molecule has 1 aromatic rings. The van der Waals surface area contributed by atoms with Crippen LogP contribution in [0.2, 0.25) is 0 Å². The van der Waals surface area contributed by atoms with Crippen LogP contribution in [0.3, 0.4) is 0 Å². The molecular formula is C14H21FN2O. The number of hydrogen-bond acceptors (Lipinski definition) is 2. The van der Waals surface area contributed by atoms with Crippen LogP contribution in [0.4, 0.5) is 10.1 Å². The Balaban J connectivity index is 2.63. The van der Waals surface area contributed by atoms with Gasteiger partial charge in [0.1, 0.15) is 11.9 Å². The Bertz CT molecular complexity index is 420. The van der Waals surface area contributed by atoms with Crippen molar-refractivity contribution in [3.63, 3.8) is 0 Å². The number of rotatable bonds is 5. The lowest BCUT2D eigenvalue weighted by Crippen LogP contribution is -2.42. The number of benzene rings is 1. The molecular weight excluding hydrogens is 231 g/mol. The third-order valence-corrected chi connectivity index (χ3v) is 2.89. The van der Waals surface area contributed by atoms with Crippen LogP contribution in [0.1, 0.15) is 32.8 Å². The molecule has 0 aliphatic heterocycles. The standard InChI is InChI=1S/C14H21FN2O/c1-5-10(3)16-14(18)11(4)17-13-7-6-9(2)8-12(13)15/h6-8,10-11,17H,5H2,1-4H3,(H,16,18). The average molecular weight is 252 g/mol. The van der Waals surface area contributed by atoms with E-state index in [1.165, 1.54) is 6.07 Å². The molecule has 0 fully saturated rings. The molecule has 0 radical (unpaired) electrons. The van der Waals surface area contributed by atoms with Crippen LogP contribution in [0.5, 0.6) is 0 Å². The van der Waals surface area contributed by atoms with Crippen molar-refractivity contribution in [1.29, 1.82) is 0 Å². The Morgan fingerprint density at radius 1 is 1.39 bits per heavy atom. The molecule has 2 unspecified atom stereocenters. The normalized spacial score (nSPS) is 13.8. The fraction of sp³-hybridized carbons (Fsp3) is 0.500. The van der Waals surface area contributed by atoms with Crippen molar-refractivity contribution in [3.8, 4) is 0 Å². The molecule has 1 rings (SSSR count). The van der Waals surface area contributed by atoms with Gasteiger partial charge in [-0.3, -0.25) is 4.79 Å². The van der Waals surface area contributed by atoms with Crippen molar-refractivity contribution in [3.05, 3.63) is 29.6 Å². The van der Waals surface area contributed by atoms with E-state index in [-0.39, 0.29) is 17.8 Å². The van der Waals surface area contributed by atoms with Crippen LogP contribution in [-0.2, 0) is 4.79 Å². The van der Waals surface area contributed by atoms with E-state index in [0.29, 0.717) is 5.69 Å². The monoisotopic (exact) mass is 252 g/mol. The van der Waals surface area contributed by atoms with Crippen LogP contribution < -0.4 is 10.6 Å². The van der Waals surface area contributed by atoms with E-state index in [1.54, 1.807) is 13.0 Å². The largest absolute Gasteiger partial charge is 0.372 e. The van der Waals surface area contributed by atoms with Gasteiger partial charge in [-0.1, -0.05) is 13.0 Å². The third kappa shape index (κ3) is 4.02. The number of nitrogens with one attached hydrogen (secondary N) is 2. The van der Waals surface area contributed by atoms with Gasteiger partial charge in [0, 0.05) is 6.04 Å². The van der Waals surface area contributed by atoms with Gasteiger partial charge in [-0.2, -0.15) is 0 Å². The SMILES string of the molecule is CCC(C)NC(=O)C(C)Nc1ccc(C)cc1F. The Kier molecular flexibility index (Phi) is 5.13. The second kappa shape index (κ2) is 6.38. The van der Waals surface area contributed by atoms with Crippen molar-refractivity contribution >= 4 is 11.6 Å². The maximum atomic E-state index is 13.6. The molecule has 1 amide bonds. The minimum atomic E-state index is -0.462. The zero-order chi connectivity index (χ0) is 13.7. The van der Waals surface area contributed by atoms with Crippen LogP contribution >= 0.6 is 0 Å². The molecule has 100 valence electrons. The number of aryl methyl sites for hydroxylation is 1. The van der Waals surface area contributed by atoms with Crippen molar-refractivity contribution in [1.82, 2.24) is 5.32 Å². The van der Waals surface area contributed by atoms with Crippen molar-refractivity contribution in [2.45, 2.75) is 46.2 Å². The second-order valence-corrected chi connectivity index (χ2v) is 4.67. The molecule has 0 saturated carbocycles. The van der Waals surface area contributed by atoms with Crippen molar-refractivity contribution < 1.29 is 9.18 Å². The summed E-state index contributed by atoms with van der Waals surface area (Å²) in [5.74, 6) is -0.456. The van der Waals surface area contributed by atoms with Crippen LogP contribution in [-0.4, -0.2) is 18.0 Å². The second-order valence-electron chi connectivity index (χ2n) is 4.67. The molecule has 2 N–H and O–H groups in total. The maximum Gasteiger partial charge on any atom is 0.242 e. The van der Waals surface area contributed by atoms with Gasteiger partial charge < -0.3 is 10.6 Å². The van der Waals surface area contributed by atoms with Gasteiger partial charge in [0.05, 0.1) is 5.69 Å². The lowest BCUT2D eigenvalue weighted by Gasteiger charge is -2.18. The first-order valence-corrected chi connectivity index (χ1v) is 6.27. The van der Waals surface area contributed by atoms with Crippen LogP contribution in [0, 0.1) is 12.7 Å². The Labute approximate surface area is 108 Å². The fourth-order valence-corrected chi connectivity index (χ4v) is 1.51. The number of halogens is 1. The summed E-state index contributed by atoms with van der Waals surface area (Å²) in [6, 6.07) is 4.57. The molecule has 2 atom stereocenters. The molecule has 0 aromatic heterocycles. The Hall–Kier alpha value is -1.58. The van der Waals surface area contributed by atoms with E-state index in [0.717, 1.165) is 12.0 Å². The number of amides is 1. The summed E-state index contributed by atoms with van der Waals surface area (Å²) >= 11 is 0. The molecule has 0 aliphatic rings. The minimum Gasteiger partial charge on any atom is -0.372 e. The summed E-state index contributed by atoms with van der Waals surface area (Å²) in [7, 11) is 0. The molecule has 4 heteroatoms. The lowest BCUT2D eigenvalue weighted by molar-refractivity contribution is -0.122. The Morgan fingerprint density at radius 3 is 2.61 bits per heavy atom. The summed E-state index contributed by atoms with van der Waals surface area (Å²) < 4.78 is 13.6. The van der Waals surface area contributed by atoms with E-state index in [9.17, 15) is 9.18 Å². The van der Waals surface area contributed by atoms with Crippen molar-refractivity contribution in [2.24, 2.45) is 0 Å². The molecule has 1 aromatic carbocycles. The zero-order valence-corrected chi connectivity index (χ0v) is 11.4. The van der Waals surface area contributed by atoms with Crippen LogP contribution in [0.25, 0.3) is 0 Å². The number of carbonyl (C=O) groups is 1. The fourth-order valence-electron chi connectivity index (χ4n) is 1.51. The first-order valence-electron chi connectivity index (χ1n) is 6.27. The predicted octanol–water partition coefficient (Wildman–Crippen LogP) is 2.85. The lowest BCUT2D eigenvalue weighted by atomic mass is 10.2. The molecule has 0 bridgehead atoms. The van der Waals surface area contributed by atoms with Crippen molar-refractivity contribution in [2.75, 3.05) is 5.32 Å². The highest BCUT2D eigenvalue weighted by Crippen LogP contribution is 2.16. The Morgan fingerprint density at radius 2 is 2.06 bits per heavy atom. The quantitative estimate of drug-likeness (QED) is 0.846. The van der Waals surface area contributed by atoms with E-state index in [1.807, 2.05) is 26.8 Å². The highest BCUT2D eigenvalue weighted by atomic mass is 19.1. The minimum absolute atomic E-state index is 0.121. The summed E-state index contributed by atoms with van der Waals surface area (Å²) in [5.41, 5.74) is 1.21. The summed E-state index contributed by atoms with van der Waals surface area (Å²) in [4.78, 5) is 11.8. The van der Waals surface area contributed by atoms with Crippen LogP contribution in [0.15, 0.2) is 18.2 Å². The number of hydrogen-bond donors (Lipinski definition) is 2. The van der Waals surface area contributed by atoms with Gasteiger partial charge in [-0.05, 0) is 44.9 Å². The molecule has 0 saturated heterocycles. The maximum absolute atomic E-state index is 13.6. The summed E-state index contributed by atoms with van der Waals surface area (Å²) in [6.45, 7) is 7.49. The topological polar surface area (TPSA) is 41.1 Å². The van der Waals surface area contributed by atoms with Gasteiger partial charge >= 0.3 is 0 Å². The molecule has 0 heterocycles. The first kappa shape index (κ1) is 14.5. The van der Waals surface area contributed by atoms with Gasteiger partial charge in [-0.25, -0.2) is 4.39 Å². The predicted molar refractivity (Wildman–Crippen MR) is 72.1 cm³/mol. The summed E-state index contributed by atoms with van der Waals surface area (Å²) in [6.07, 6.45) is 0.872. The molecule has 18 heavy (non-hydrogen) atoms. The number of anilines is 1. The van der Waals surface area contributed by atoms with E-state index >= 15 is 0 Å². The average Bonchev–Trinajstić information content (AvgIpc) is 2.32. The zero-order valence-electron chi connectivity index (χ0n) is 11.4. The first-order chi connectivity index (χ1) is 8.43. The molecule has 0 spiro atoms. The van der Waals surface area contributed by atoms with Gasteiger partial charge in [0.25, 0.3) is 0 Å². The smallest absolute Gasteiger partial charge is 0.242 e. The van der Waals surface area contributed by atoms with E-state index in [4.69, 9.17) is 0 Å². The van der Waals surface area contributed by atoms with Gasteiger partial charge in [0.2, 0.25) is 5.91 Å². The third-order valence-electron chi connectivity index (χ3n) is 2.89. The summed E-state index contributed by atoms with van der Waals surface area (Å²) in [5, 5.41) is 5.74. The highest BCUT2D eigenvalue weighted by Gasteiger charge is 2.15. The highest BCUT2D eigenvalue weighted by molar-refractivity contribution is 5.84. The van der Waals surface area contributed by atoms with Gasteiger partial charge in [-0.15, -0.1) is 0 Å². The van der Waals surface area contributed by atoms with E-state index < -0.39 is 6.04 Å². The van der Waals surface area contributed by atoms with Gasteiger partial charge in [0.15, 0.2) is 0 Å².